The number of rotatable bonds is 6. The van der Waals surface area contributed by atoms with Gasteiger partial charge in [-0.3, -0.25) is 9.69 Å². The first-order valence-electron chi connectivity index (χ1n) is 8.32. The van der Waals surface area contributed by atoms with Gasteiger partial charge in [0.25, 0.3) is 0 Å². The molecule has 1 aromatic heterocycles. The van der Waals surface area contributed by atoms with Gasteiger partial charge in [-0.1, -0.05) is 35.9 Å². The molecule has 0 bridgehead atoms. The van der Waals surface area contributed by atoms with Gasteiger partial charge in [-0.25, -0.2) is 0 Å². The lowest BCUT2D eigenvalue weighted by Gasteiger charge is -2.28. The average molecular weight is 328 g/mol. The lowest BCUT2D eigenvalue weighted by atomic mass is 10.0. The molecule has 3 nitrogen and oxygen atoms in total. The highest BCUT2D eigenvalue weighted by molar-refractivity contribution is 7.10. The predicted octanol–water partition coefficient (Wildman–Crippen LogP) is 3.55. The fourth-order valence-electron chi connectivity index (χ4n) is 3.14. The van der Waals surface area contributed by atoms with Crippen molar-refractivity contribution in [2.24, 2.45) is 0 Å². The van der Waals surface area contributed by atoms with E-state index in [0.717, 1.165) is 18.0 Å². The number of benzene rings is 1. The molecule has 23 heavy (non-hydrogen) atoms. The predicted molar refractivity (Wildman–Crippen MR) is 95.8 cm³/mol. The summed E-state index contributed by atoms with van der Waals surface area (Å²) in [5.41, 5.74) is 2.57. The van der Waals surface area contributed by atoms with E-state index < -0.39 is 0 Å². The summed E-state index contributed by atoms with van der Waals surface area (Å²) in [4.78, 5) is 15.8. The number of carbonyl (C=O) groups excluding carboxylic acids is 1. The lowest BCUT2D eigenvalue weighted by molar-refractivity contribution is -0.120. The number of likely N-dealkylation sites (tertiary alicyclic amines) is 1. The zero-order valence-electron chi connectivity index (χ0n) is 13.6. The van der Waals surface area contributed by atoms with Crippen molar-refractivity contribution >= 4 is 17.2 Å². The number of hydrogen-bond acceptors (Lipinski definition) is 3. The molecule has 1 aliphatic heterocycles. The molecule has 1 aromatic carbocycles. The van der Waals surface area contributed by atoms with Gasteiger partial charge in [0.15, 0.2) is 0 Å². The van der Waals surface area contributed by atoms with Gasteiger partial charge in [0, 0.05) is 11.4 Å². The van der Waals surface area contributed by atoms with E-state index in [4.69, 9.17) is 0 Å². The van der Waals surface area contributed by atoms with Crippen molar-refractivity contribution in [3.05, 3.63) is 57.8 Å². The summed E-state index contributed by atoms with van der Waals surface area (Å²) in [5.74, 6) is 0.115. The Labute approximate surface area is 142 Å². The third-order valence-corrected chi connectivity index (χ3v) is 5.33. The van der Waals surface area contributed by atoms with Crippen molar-refractivity contribution in [3.8, 4) is 0 Å². The number of thiophene rings is 1. The van der Waals surface area contributed by atoms with Gasteiger partial charge in [-0.15, -0.1) is 11.3 Å². The summed E-state index contributed by atoms with van der Waals surface area (Å²) in [6, 6.07) is 13.0. The number of nitrogens with one attached hydrogen (secondary N) is 1. The van der Waals surface area contributed by atoms with Gasteiger partial charge in [0.1, 0.15) is 0 Å². The highest BCUT2D eigenvalue weighted by Gasteiger charge is 2.23. The van der Waals surface area contributed by atoms with Crippen LogP contribution in [-0.2, 0) is 11.2 Å². The Kier molecular flexibility index (Phi) is 5.47. The maximum atomic E-state index is 12.2. The Hall–Kier alpha value is -1.65. The average Bonchev–Trinajstić information content (AvgIpc) is 3.23. The maximum absolute atomic E-state index is 12.2. The van der Waals surface area contributed by atoms with E-state index in [9.17, 15) is 4.79 Å². The third-order valence-electron chi connectivity index (χ3n) is 4.45. The number of carbonyl (C=O) groups is 1. The standard InChI is InChI=1S/C19H24N2OS/c1-15-6-8-16(9-7-15)18(21-10-2-3-11-21)14-20-19(22)13-17-5-4-12-23-17/h4-9,12,18H,2-3,10-11,13-14H2,1H3,(H,20,22). The van der Waals surface area contributed by atoms with Crippen molar-refractivity contribution in [2.45, 2.75) is 32.2 Å². The normalized spacial score (nSPS) is 16.4. The molecule has 1 unspecified atom stereocenters. The molecular weight excluding hydrogens is 304 g/mol. The Balaban J connectivity index is 1.63. The largest absolute Gasteiger partial charge is 0.354 e. The zero-order valence-corrected chi connectivity index (χ0v) is 14.4. The summed E-state index contributed by atoms with van der Waals surface area (Å²) >= 11 is 1.64. The van der Waals surface area contributed by atoms with Crippen LogP contribution in [0.5, 0.6) is 0 Å². The van der Waals surface area contributed by atoms with Gasteiger partial charge in [-0.05, 0) is 49.9 Å². The van der Waals surface area contributed by atoms with Gasteiger partial charge >= 0.3 is 0 Å². The fourth-order valence-corrected chi connectivity index (χ4v) is 3.85. The van der Waals surface area contributed by atoms with E-state index in [1.807, 2.05) is 17.5 Å². The van der Waals surface area contributed by atoms with Crippen LogP contribution in [0.2, 0.25) is 0 Å². The van der Waals surface area contributed by atoms with Crippen LogP contribution < -0.4 is 5.32 Å². The summed E-state index contributed by atoms with van der Waals surface area (Å²) in [6.07, 6.45) is 3.00. The van der Waals surface area contributed by atoms with E-state index in [1.54, 1.807) is 11.3 Å². The first kappa shape index (κ1) is 16.2. The Bertz CT molecular complexity index is 615. The van der Waals surface area contributed by atoms with Gasteiger partial charge in [0.2, 0.25) is 5.91 Å². The van der Waals surface area contributed by atoms with E-state index in [2.05, 4.69) is 41.4 Å². The molecule has 1 N–H and O–H groups in total. The summed E-state index contributed by atoms with van der Waals surface area (Å²) in [7, 11) is 0. The molecule has 2 aromatic rings. The van der Waals surface area contributed by atoms with Crippen LogP contribution in [-0.4, -0.2) is 30.4 Å². The van der Waals surface area contributed by atoms with Crippen LogP contribution in [0.15, 0.2) is 41.8 Å². The fraction of sp³-hybridized carbons (Fsp3) is 0.421. The Morgan fingerprint density at radius 2 is 1.96 bits per heavy atom. The smallest absolute Gasteiger partial charge is 0.225 e. The number of amides is 1. The monoisotopic (exact) mass is 328 g/mol. The van der Waals surface area contributed by atoms with Crippen LogP contribution in [0, 0.1) is 6.92 Å². The summed E-state index contributed by atoms with van der Waals surface area (Å²) < 4.78 is 0. The van der Waals surface area contributed by atoms with Gasteiger partial charge in [-0.2, -0.15) is 0 Å². The molecule has 0 spiro atoms. The van der Waals surface area contributed by atoms with Crippen molar-refractivity contribution in [1.29, 1.82) is 0 Å². The summed E-state index contributed by atoms with van der Waals surface area (Å²) in [5, 5.41) is 5.15. The lowest BCUT2D eigenvalue weighted by Crippen LogP contribution is -2.37. The molecule has 1 amide bonds. The SMILES string of the molecule is Cc1ccc(C(CNC(=O)Cc2cccs2)N2CCCC2)cc1. The quantitative estimate of drug-likeness (QED) is 0.879. The van der Waals surface area contributed by atoms with Gasteiger partial charge < -0.3 is 5.32 Å². The molecule has 0 saturated carbocycles. The van der Waals surface area contributed by atoms with E-state index >= 15 is 0 Å². The van der Waals surface area contributed by atoms with Crippen LogP contribution in [0.3, 0.4) is 0 Å². The minimum Gasteiger partial charge on any atom is -0.354 e. The van der Waals surface area contributed by atoms with Crippen LogP contribution in [0.25, 0.3) is 0 Å². The molecule has 1 fully saturated rings. The van der Waals surface area contributed by atoms with Crippen LogP contribution >= 0.6 is 11.3 Å². The van der Waals surface area contributed by atoms with Crippen LogP contribution in [0.1, 0.15) is 34.9 Å². The van der Waals surface area contributed by atoms with Crippen molar-refractivity contribution in [2.75, 3.05) is 19.6 Å². The second-order valence-electron chi connectivity index (χ2n) is 6.23. The first-order chi connectivity index (χ1) is 11.2. The molecular formula is C19H24N2OS. The molecule has 0 aliphatic carbocycles. The highest BCUT2D eigenvalue weighted by atomic mass is 32.1. The second kappa shape index (κ2) is 7.75. The highest BCUT2D eigenvalue weighted by Crippen LogP contribution is 2.25. The molecule has 2 heterocycles. The number of aryl methyl sites for hydroxylation is 1. The second-order valence-corrected chi connectivity index (χ2v) is 7.26. The van der Waals surface area contributed by atoms with Crippen molar-refractivity contribution < 1.29 is 4.79 Å². The van der Waals surface area contributed by atoms with E-state index in [1.165, 1.54) is 24.0 Å². The number of hydrogen-bond donors (Lipinski definition) is 1. The Morgan fingerprint density at radius 3 is 2.61 bits per heavy atom. The number of nitrogens with zero attached hydrogens (tertiary/aromatic N) is 1. The minimum atomic E-state index is 0.115. The zero-order chi connectivity index (χ0) is 16.1. The minimum absolute atomic E-state index is 0.115. The van der Waals surface area contributed by atoms with E-state index in [-0.39, 0.29) is 11.9 Å². The topological polar surface area (TPSA) is 32.3 Å². The van der Waals surface area contributed by atoms with Crippen molar-refractivity contribution in [1.82, 2.24) is 10.2 Å². The molecule has 3 rings (SSSR count). The molecule has 1 aliphatic rings. The van der Waals surface area contributed by atoms with Crippen LogP contribution in [0.4, 0.5) is 0 Å². The molecule has 4 heteroatoms. The summed E-state index contributed by atoms with van der Waals surface area (Å²) in [6.45, 7) is 5.05. The molecule has 1 atom stereocenters. The van der Waals surface area contributed by atoms with E-state index in [0.29, 0.717) is 13.0 Å². The maximum Gasteiger partial charge on any atom is 0.225 e. The molecule has 0 radical (unpaired) electrons. The first-order valence-corrected chi connectivity index (χ1v) is 9.20. The third kappa shape index (κ3) is 4.43. The molecule has 122 valence electrons. The van der Waals surface area contributed by atoms with Crippen molar-refractivity contribution in [3.63, 3.8) is 0 Å². The molecule has 1 saturated heterocycles. The Morgan fingerprint density at radius 1 is 1.22 bits per heavy atom. The van der Waals surface area contributed by atoms with Gasteiger partial charge in [0.05, 0.1) is 12.5 Å².